The highest BCUT2D eigenvalue weighted by Crippen LogP contribution is 2.23. The van der Waals surface area contributed by atoms with E-state index in [1.54, 1.807) is 13.8 Å². The van der Waals surface area contributed by atoms with E-state index in [0.29, 0.717) is 0 Å². The maximum atomic E-state index is 12.1. The molecule has 0 heterocycles. The lowest BCUT2D eigenvalue weighted by Crippen LogP contribution is -2.47. The second-order valence-electron chi connectivity index (χ2n) is 5.67. The Bertz CT molecular complexity index is 511. The van der Waals surface area contributed by atoms with Crippen molar-refractivity contribution in [1.82, 2.24) is 5.32 Å². The summed E-state index contributed by atoms with van der Waals surface area (Å²) in [7, 11) is 0. The quantitative estimate of drug-likeness (QED) is 0.808. The van der Waals surface area contributed by atoms with E-state index in [0.717, 1.165) is 17.7 Å². The Labute approximate surface area is 125 Å². The van der Waals surface area contributed by atoms with Gasteiger partial charge in [0.1, 0.15) is 18.4 Å². The van der Waals surface area contributed by atoms with Gasteiger partial charge in [0.25, 0.3) is 0 Å². The molecule has 0 saturated heterocycles. The van der Waals surface area contributed by atoms with Crippen LogP contribution in [0.4, 0.5) is 0 Å². The maximum Gasteiger partial charge on any atom is 0.325 e. The highest BCUT2D eigenvalue weighted by atomic mass is 16.5. The predicted molar refractivity (Wildman–Crippen MR) is 80.3 cm³/mol. The van der Waals surface area contributed by atoms with Crippen molar-refractivity contribution >= 4 is 11.9 Å². The first-order valence-corrected chi connectivity index (χ1v) is 7.02. The van der Waals surface area contributed by atoms with E-state index in [4.69, 9.17) is 9.84 Å². The second kappa shape index (κ2) is 7.11. The molecule has 0 radical (unpaired) electrons. The van der Waals surface area contributed by atoms with Gasteiger partial charge in [-0.05, 0) is 38.8 Å². The third-order valence-electron chi connectivity index (χ3n) is 3.27. The summed E-state index contributed by atoms with van der Waals surface area (Å²) in [6.07, 6.45) is 0.846. The molecule has 116 valence electrons. The molecule has 0 saturated carbocycles. The molecule has 0 aliphatic rings. The summed E-state index contributed by atoms with van der Waals surface area (Å²) in [6, 6.07) is 6.76. The minimum Gasteiger partial charge on any atom is -0.492 e. The summed E-state index contributed by atoms with van der Waals surface area (Å²) in [6.45, 7) is 7.11. The number of hydrogen-bond donors (Lipinski definition) is 2. The lowest BCUT2D eigenvalue weighted by molar-refractivity contribution is -0.143. The zero-order chi connectivity index (χ0) is 16.0. The zero-order valence-electron chi connectivity index (χ0n) is 13.0. The fourth-order valence-electron chi connectivity index (χ4n) is 1.71. The SMILES string of the molecule is CCc1ccccc1OCC(C)(C)C(=O)NC(C)C(=O)O. The van der Waals surface area contributed by atoms with Gasteiger partial charge in [-0.25, -0.2) is 0 Å². The van der Waals surface area contributed by atoms with E-state index in [-0.39, 0.29) is 12.5 Å². The van der Waals surface area contributed by atoms with Crippen LogP contribution in [0.3, 0.4) is 0 Å². The van der Waals surface area contributed by atoms with Crippen LogP contribution in [-0.4, -0.2) is 29.6 Å². The fraction of sp³-hybridized carbons (Fsp3) is 0.500. The molecule has 0 aromatic heterocycles. The predicted octanol–water partition coefficient (Wildman–Crippen LogP) is 2.24. The number of carbonyl (C=O) groups is 2. The highest BCUT2D eigenvalue weighted by Gasteiger charge is 2.31. The summed E-state index contributed by atoms with van der Waals surface area (Å²) in [5, 5.41) is 11.3. The Morgan fingerprint density at radius 3 is 2.52 bits per heavy atom. The molecule has 1 amide bonds. The smallest absolute Gasteiger partial charge is 0.325 e. The lowest BCUT2D eigenvalue weighted by atomic mass is 9.93. The monoisotopic (exact) mass is 293 g/mol. The van der Waals surface area contributed by atoms with E-state index in [1.165, 1.54) is 6.92 Å². The van der Waals surface area contributed by atoms with Crippen molar-refractivity contribution in [2.75, 3.05) is 6.61 Å². The van der Waals surface area contributed by atoms with Crippen LogP contribution in [0.5, 0.6) is 5.75 Å². The van der Waals surface area contributed by atoms with E-state index in [2.05, 4.69) is 5.32 Å². The first-order chi connectivity index (χ1) is 9.77. The number of para-hydroxylation sites is 1. The Hall–Kier alpha value is -2.04. The molecular weight excluding hydrogens is 270 g/mol. The number of carbonyl (C=O) groups excluding carboxylic acids is 1. The van der Waals surface area contributed by atoms with Crippen LogP contribution in [0.25, 0.3) is 0 Å². The zero-order valence-corrected chi connectivity index (χ0v) is 13.0. The van der Waals surface area contributed by atoms with Gasteiger partial charge in [-0.2, -0.15) is 0 Å². The summed E-state index contributed by atoms with van der Waals surface area (Å²) in [4.78, 5) is 22.9. The summed E-state index contributed by atoms with van der Waals surface area (Å²) >= 11 is 0. The molecule has 1 atom stereocenters. The van der Waals surface area contributed by atoms with Gasteiger partial charge < -0.3 is 15.2 Å². The third-order valence-corrected chi connectivity index (χ3v) is 3.27. The molecule has 5 nitrogen and oxygen atoms in total. The van der Waals surface area contributed by atoms with Crippen LogP contribution < -0.4 is 10.1 Å². The van der Waals surface area contributed by atoms with Crippen molar-refractivity contribution in [1.29, 1.82) is 0 Å². The second-order valence-corrected chi connectivity index (χ2v) is 5.67. The molecule has 1 rings (SSSR count). The number of aryl methyl sites for hydroxylation is 1. The van der Waals surface area contributed by atoms with Gasteiger partial charge in [0.15, 0.2) is 0 Å². The number of nitrogens with one attached hydrogen (secondary N) is 1. The van der Waals surface area contributed by atoms with Crippen LogP contribution in [0, 0.1) is 5.41 Å². The van der Waals surface area contributed by atoms with Crippen molar-refractivity contribution in [3.63, 3.8) is 0 Å². The number of aliphatic carboxylic acids is 1. The van der Waals surface area contributed by atoms with Crippen molar-refractivity contribution in [3.8, 4) is 5.75 Å². The first kappa shape index (κ1) is 17.0. The molecule has 2 N–H and O–H groups in total. The Kier molecular flexibility index (Phi) is 5.76. The number of rotatable bonds is 7. The molecule has 0 spiro atoms. The topological polar surface area (TPSA) is 75.6 Å². The van der Waals surface area contributed by atoms with Crippen molar-refractivity contribution in [2.45, 2.75) is 40.2 Å². The van der Waals surface area contributed by atoms with Gasteiger partial charge >= 0.3 is 5.97 Å². The average molecular weight is 293 g/mol. The van der Waals surface area contributed by atoms with E-state index >= 15 is 0 Å². The minimum absolute atomic E-state index is 0.183. The number of benzene rings is 1. The third kappa shape index (κ3) is 4.77. The molecule has 1 aromatic carbocycles. The molecular formula is C16H23NO4. The molecule has 0 aliphatic carbocycles. The summed E-state index contributed by atoms with van der Waals surface area (Å²) in [5.41, 5.74) is 0.262. The van der Waals surface area contributed by atoms with Crippen molar-refractivity contribution in [3.05, 3.63) is 29.8 Å². The van der Waals surface area contributed by atoms with E-state index in [1.807, 2.05) is 31.2 Å². The average Bonchev–Trinajstić information content (AvgIpc) is 2.45. The number of carboxylic acid groups (broad SMARTS) is 1. The van der Waals surface area contributed by atoms with Crippen LogP contribution in [0.2, 0.25) is 0 Å². The van der Waals surface area contributed by atoms with Gasteiger partial charge in [-0.15, -0.1) is 0 Å². The Morgan fingerprint density at radius 1 is 1.33 bits per heavy atom. The number of carboxylic acids is 1. The van der Waals surface area contributed by atoms with Crippen molar-refractivity contribution in [2.24, 2.45) is 5.41 Å². The molecule has 1 unspecified atom stereocenters. The van der Waals surface area contributed by atoms with E-state index < -0.39 is 17.4 Å². The molecule has 5 heteroatoms. The number of amides is 1. The van der Waals surface area contributed by atoms with Crippen LogP contribution in [0.1, 0.15) is 33.3 Å². The summed E-state index contributed by atoms with van der Waals surface area (Å²) in [5.74, 6) is -0.644. The molecule has 21 heavy (non-hydrogen) atoms. The van der Waals surface area contributed by atoms with Gasteiger partial charge in [0, 0.05) is 0 Å². The summed E-state index contributed by atoms with van der Waals surface area (Å²) < 4.78 is 5.75. The van der Waals surface area contributed by atoms with E-state index in [9.17, 15) is 9.59 Å². The Morgan fingerprint density at radius 2 is 1.95 bits per heavy atom. The van der Waals surface area contributed by atoms with Crippen molar-refractivity contribution < 1.29 is 19.4 Å². The maximum absolute atomic E-state index is 12.1. The van der Waals surface area contributed by atoms with Gasteiger partial charge in [-0.1, -0.05) is 25.1 Å². The molecule has 1 aromatic rings. The standard InChI is InChI=1S/C16H23NO4/c1-5-12-8-6-7-9-13(12)21-10-16(3,4)15(20)17-11(2)14(18)19/h6-9,11H,5,10H2,1-4H3,(H,17,20)(H,18,19). The largest absolute Gasteiger partial charge is 0.492 e. The van der Waals surface area contributed by atoms with Crippen LogP contribution >= 0.6 is 0 Å². The molecule has 0 fully saturated rings. The number of hydrogen-bond acceptors (Lipinski definition) is 3. The minimum atomic E-state index is -1.06. The molecule has 0 aliphatic heterocycles. The van der Waals surface area contributed by atoms with Gasteiger partial charge in [0.2, 0.25) is 5.91 Å². The van der Waals surface area contributed by atoms with Gasteiger partial charge in [0.05, 0.1) is 5.41 Å². The van der Waals surface area contributed by atoms with Crippen LogP contribution in [-0.2, 0) is 16.0 Å². The lowest BCUT2D eigenvalue weighted by Gasteiger charge is -2.25. The molecule has 0 bridgehead atoms. The Balaban J connectivity index is 2.67. The first-order valence-electron chi connectivity index (χ1n) is 7.02. The van der Waals surface area contributed by atoms with Gasteiger partial charge in [-0.3, -0.25) is 9.59 Å². The normalized spacial score (nSPS) is 12.6. The fourth-order valence-corrected chi connectivity index (χ4v) is 1.71. The van der Waals surface area contributed by atoms with Crippen LogP contribution in [0.15, 0.2) is 24.3 Å². The number of ether oxygens (including phenoxy) is 1. The highest BCUT2D eigenvalue weighted by molar-refractivity contribution is 5.86.